The van der Waals surface area contributed by atoms with E-state index in [0.29, 0.717) is 35.2 Å². The van der Waals surface area contributed by atoms with Crippen molar-refractivity contribution >= 4 is 32.7 Å². The fourth-order valence-electron chi connectivity index (χ4n) is 6.83. The van der Waals surface area contributed by atoms with Gasteiger partial charge in [-0.25, -0.2) is 14.2 Å². The predicted molar refractivity (Wildman–Crippen MR) is 138 cm³/mol. The van der Waals surface area contributed by atoms with Gasteiger partial charge >= 0.3 is 5.97 Å². The molecule has 196 valence electrons. The first-order valence-corrected chi connectivity index (χ1v) is 14.6. The quantitative estimate of drug-likeness (QED) is 0.364. The van der Waals surface area contributed by atoms with Gasteiger partial charge in [-0.2, -0.15) is 0 Å². The van der Waals surface area contributed by atoms with Crippen molar-refractivity contribution in [3.63, 3.8) is 0 Å². The number of hydrogen-bond donors (Lipinski definition) is 1. The van der Waals surface area contributed by atoms with E-state index in [2.05, 4.69) is 15.0 Å². The van der Waals surface area contributed by atoms with Gasteiger partial charge in [-0.15, -0.1) is 0 Å². The maximum atomic E-state index is 14.6. The first kappa shape index (κ1) is 23.6. The monoisotopic (exact) mass is 525 g/mol. The van der Waals surface area contributed by atoms with Gasteiger partial charge in [-0.1, -0.05) is 35.8 Å². The molecular weight excluding hydrogens is 493 g/mol. The molecule has 7 nitrogen and oxygen atoms in total. The number of hydrogen-bond acceptors (Lipinski definition) is 7. The van der Waals surface area contributed by atoms with Crippen LogP contribution >= 0.6 is 11.3 Å². The fraction of sp³-hybridized carbons (Fsp3) is 0.607. The molecule has 2 saturated carbocycles. The average molecular weight is 526 g/mol. The summed E-state index contributed by atoms with van der Waals surface area (Å²) < 4.78 is 27.7. The summed E-state index contributed by atoms with van der Waals surface area (Å²) in [5, 5.41) is 14.6. The van der Waals surface area contributed by atoms with Crippen LogP contribution in [0.15, 0.2) is 16.7 Å². The van der Waals surface area contributed by atoms with Gasteiger partial charge in [0, 0.05) is 29.5 Å². The Morgan fingerprint density at radius 3 is 2.54 bits per heavy atom. The van der Waals surface area contributed by atoms with Gasteiger partial charge in [-0.3, -0.25) is 0 Å². The number of piperidine rings is 1. The van der Waals surface area contributed by atoms with E-state index >= 15 is 0 Å². The topological polar surface area (TPSA) is 88.7 Å². The molecule has 0 radical (unpaired) electrons. The van der Waals surface area contributed by atoms with E-state index in [4.69, 9.17) is 9.26 Å². The maximum Gasteiger partial charge on any atom is 0.335 e. The summed E-state index contributed by atoms with van der Waals surface area (Å²) in [5.74, 6) is 0.387. The Labute approximate surface area is 219 Å². The first-order chi connectivity index (χ1) is 18.0. The third-order valence-corrected chi connectivity index (χ3v) is 9.86. The Balaban J connectivity index is 1.07. The van der Waals surface area contributed by atoms with Crippen LogP contribution in [0.2, 0.25) is 0 Å². The number of aromatic nitrogens is 2. The molecule has 4 heterocycles. The molecule has 1 aromatic carbocycles. The largest absolute Gasteiger partial charge is 0.478 e. The summed E-state index contributed by atoms with van der Waals surface area (Å²) in [4.78, 5) is 18.3. The zero-order chi connectivity index (χ0) is 25.1. The normalized spacial score (nSPS) is 26.3. The van der Waals surface area contributed by atoms with Crippen LogP contribution in [0.4, 0.5) is 9.52 Å². The van der Waals surface area contributed by atoms with Gasteiger partial charge in [0.1, 0.15) is 11.3 Å². The molecule has 2 aromatic heterocycles. The molecule has 2 bridgehead atoms. The number of halogens is 1. The van der Waals surface area contributed by atoms with Crippen LogP contribution < -0.4 is 4.90 Å². The number of anilines is 1. The van der Waals surface area contributed by atoms with E-state index in [1.807, 2.05) is 0 Å². The number of carboxylic acids is 1. The van der Waals surface area contributed by atoms with Gasteiger partial charge in [0.25, 0.3) is 0 Å². The van der Waals surface area contributed by atoms with E-state index in [-0.39, 0.29) is 17.2 Å². The molecule has 2 aliphatic carbocycles. The number of nitrogens with zero attached hydrogens (tertiary/aromatic N) is 3. The van der Waals surface area contributed by atoms with Crippen molar-refractivity contribution in [1.82, 2.24) is 10.1 Å². The van der Waals surface area contributed by atoms with E-state index < -0.39 is 11.8 Å². The second-order valence-electron chi connectivity index (χ2n) is 11.3. The van der Waals surface area contributed by atoms with E-state index in [9.17, 15) is 14.3 Å². The number of benzene rings is 1. The number of aromatic carboxylic acids is 1. The SMILES string of the molecule is O=C(O)c1cc(F)c2nc(N3C4CCC3CC(OCc3c(C5CCCCC5)noc3C3CC3)C4)sc2c1. The van der Waals surface area contributed by atoms with Crippen LogP contribution in [0.25, 0.3) is 10.2 Å². The van der Waals surface area contributed by atoms with Gasteiger partial charge in [0.2, 0.25) is 0 Å². The maximum absolute atomic E-state index is 14.6. The summed E-state index contributed by atoms with van der Waals surface area (Å²) in [5.41, 5.74) is 2.60. The van der Waals surface area contributed by atoms with E-state index in [0.717, 1.165) is 48.3 Å². The third kappa shape index (κ3) is 4.34. The minimum atomic E-state index is -1.13. The number of carboxylic acid groups (broad SMARTS) is 1. The molecule has 2 atom stereocenters. The Morgan fingerprint density at radius 2 is 1.84 bits per heavy atom. The van der Waals surface area contributed by atoms with Crippen molar-refractivity contribution in [2.75, 3.05) is 4.90 Å². The van der Waals surface area contributed by atoms with Crippen molar-refractivity contribution in [3.8, 4) is 0 Å². The molecule has 4 fully saturated rings. The fourth-order valence-corrected chi connectivity index (χ4v) is 7.99. The molecule has 2 saturated heterocycles. The van der Waals surface area contributed by atoms with Crippen LogP contribution in [-0.4, -0.2) is 39.4 Å². The minimum Gasteiger partial charge on any atom is -0.478 e. The standard InChI is InChI=1S/C28H32FN3O4S/c29-22-10-17(27(33)34)11-23-25(22)30-28(37-23)32-18-8-9-19(32)13-20(12-18)35-14-21-24(15-4-2-1-3-5-15)31-36-26(21)16-6-7-16/h10-11,15-16,18-20H,1-9,12-14H2,(H,33,34). The van der Waals surface area contributed by atoms with Crippen LogP contribution in [0, 0.1) is 5.82 Å². The Morgan fingerprint density at radius 1 is 1.08 bits per heavy atom. The van der Waals surface area contributed by atoms with Crippen LogP contribution in [0.3, 0.4) is 0 Å². The summed E-state index contributed by atoms with van der Waals surface area (Å²) in [6, 6.07) is 3.19. The number of ether oxygens (including phenoxy) is 1. The second-order valence-corrected chi connectivity index (χ2v) is 12.3. The molecule has 0 spiro atoms. The molecule has 9 heteroatoms. The third-order valence-electron chi connectivity index (χ3n) is 8.85. The van der Waals surface area contributed by atoms with Crippen LogP contribution in [-0.2, 0) is 11.3 Å². The summed E-state index contributed by atoms with van der Waals surface area (Å²) in [7, 11) is 0. The Hall–Kier alpha value is -2.52. The van der Waals surface area contributed by atoms with E-state index in [1.165, 1.54) is 67.9 Å². The zero-order valence-electron chi connectivity index (χ0n) is 20.8. The molecule has 2 aliphatic heterocycles. The smallest absolute Gasteiger partial charge is 0.335 e. The zero-order valence-corrected chi connectivity index (χ0v) is 21.6. The van der Waals surface area contributed by atoms with Crippen molar-refractivity contribution in [2.24, 2.45) is 0 Å². The summed E-state index contributed by atoms with van der Waals surface area (Å²) >= 11 is 1.39. The second kappa shape index (κ2) is 9.34. The minimum absolute atomic E-state index is 0.0396. The lowest BCUT2D eigenvalue weighted by atomic mass is 9.85. The highest BCUT2D eigenvalue weighted by atomic mass is 32.1. The van der Waals surface area contributed by atoms with Crippen molar-refractivity contribution in [3.05, 3.63) is 40.5 Å². The number of thiazole rings is 1. The molecule has 1 N–H and O–H groups in total. The molecule has 7 rings (SSSR count). The molecule has 0 amide bonds. The lowest BCUT2D eigenvalue weighted by Crippen LogP contribution is -2.45. The number of rotatable bonds is 7. The van der Waals surface area contributed by atoms with Crippen LogP contribution in [0.1, 0.15) is 110 Å². The van der Waals surface area contributed by atoms with Gasteiger partial charge in [0.05, 0.1) is 28.7 Å². The lowest BCUT2D eigenvalue weighted by Gasteiger charge is -2.38. The predicted octanol–water partition coefficient (Wildman–Crippen LogP) is 6.76. The molecule has 37 heavy (non-hydrogen) atoms. The average Bonchev–Trinajstić information content (AvgIpc) is 3.40. The first-order valence-electron chi connectivity index (χ1n) is 13.8. The van der Waals surface area contributed by atoms with Crippen LogP contribution in [0.5, 0.6) is 0 Å². The highest BCUT2D eigenvalue weighted by molar-refractivity contribution is 7.22. The van der Waals surface area contributed by atoms with Crippen molar-refractivity contribution in [2.45, 2.75) is 107 Å². The summed E-state index contributed by atoms with van der Waals surface area (Å²) in [6.07, 6.45) is 12.8. The number of fused-ring (bicyclic) bond motifs is 3. The van der Waals surface area contributed by atoms with Gasteiger partial charge < -0.3 is 19.3 Å². The number of carbonyl (C=O) groups is 1. The molecular formula is C28H32FN3O4S. The molecule has 3 aromatic rings. The van der Waals surface area contributed by atoms with Crippen molar-refractivity contribution in [1.29, 1.82) is 0 Å². The highest BCUT2D eigenvalue weighted by Gasteiger charge is 2.43. The van der Waals surface area contributed by atoms with E-state index in [1.54, 1.807) is 0 Å². The molecule has 2 unspecified atom stereocenters. The lowest BCUT2D eigenvalue weighted by molar-refractivity contribution is 0.0141. The highest BCUT2D eigenvalue weighted by Crippen LogP contribution is 2.46. The molecule has 4 aliphatic rings. The van der Waals surface area contributed by atoms with Gasteiger partial charge in [-0.05, 0) is 63.5 Å². The Bertz CT molecular complexity index is 1310. The van der Waals surface area contributed by atoms with Gasteiger partial charge in [0.15, 0.2) is 10.9 Å². The summed E-state index contributed by atoms with van der Waals surface area (Å²) in [6.45, 7) is 0.579. The Kier molecular flexibility index (Phi) is 5.96. The van der Waals surface area contributed by atoms with Crippen molar-refractivity contribution < 1.29 is 23.6 Å².